The molecule has 0 atom stereocenters. The molecule has 0 saturated carbocycles. The van der Waals surface area contributed by atoms with Gasteiger partial charge in [0.2, 0.25) is 5.56 Å². The maximum absolute atomic E-state index is 12.3. The van der Waals surface area contributed by atoms with E-state index in [1.165, 1.54) is 0 Å². The highest BCUT2D eigenvalue weighted by Crippen LogP contribution is 2.35. The summed E-state index contributed by atoms with van der Waals surface area (Å²) in [6.07, 6.45) is -8.41. The van der Waals surface area contributed by atoms with E-state index in [4.69, 9.17) is 0 Å². The largest absolute Gasteiger partial charge is 0.573 e. The van der Waals surface area contributed by atoms with Crippen LogP contribution in [0.5, 0.6) is 5.75 Å². The number of aromatic amines is 1. The molecule has 3 nitrogen and oxygen atoms in total. The SMILES string of the molecule is O=c1cc(Br)c(OC(F)(F)F)c(C(F)F)[nH]1. The number of H-pyrrole nitrogens is 1. The fourth-order valence-electron chi connectivity index (χ4n) is 0.908. The van der Waals surface area contributed by atoms with Gasteiger partial charge in [0, 0.05) is 6.07 Å². The lowest BCUT2D eigenvalue weighted by Crippen LogP contribution is -2.21. The van der Waals surface area contributed by atoms with E-state index in [0.29, 0.717) is 6.07 Å². The van der Waals surface area contributed by atoms with Crippen molar-refractivity contribution in [1.82, 2.24) is 4.98 Å². The number of nitrogens with one attached hydrogen (secondary N) is 1. The number of hydrogen-bond donors (Lipinski definition) is 1. The Morgan fingerprint density at radius 2 is 1.94 bits per heavy atom. The first-order chi connectivity index (χ1) is 7.20. The number of aromatic nitrogens is 1. The second-order valence-corrected chi connectivity index (χ2v) is 3.43. The molecule has 0 spiro atoms. The molecular weight excluding hydrogens is 305 g/mol. The molecule has 9 heteroatoms. The summed E-state index contributed by atoms with van der Waals surface area (Å²) < 4.78 is 63.2. The molecule has 0 bridgehead atoms. The Morgan fingerprint density at radius 1 is 1.38 bits per heavy atom. The first-order valence-electron chi connectivity index (χ1n) is 3.67. The zero-order valence-electron chi connectivity index (χ0n) is 7.24. The second kappa shape index (κ2) is 4.40. The predicted octanol–water partition coefficient (Wildman–Crippen LogP) is 2.97. The van der Waals surface area contributed by atoms with E-state index >= 15 is 0 Å². The zero-order valence-corrected chi connectivity index (χ0v) is 8.82. The first-order valence-corrected chi connectivity index (χ1v) is 4.46. The minimum absolute atomic E-state index is 0.496. The highest BCUT2D eigenvalue weighted by Gasteiger charge is 2.34. The van der Waals surface area contributed by atoms with Crippen molar-refractivity contribution in [3.05, 3.63) is 26.6 Å². The third kappa shape index (κ3) is 3.19. The predicted molar refractivity (Wildman–Crippen MR) is 46.4 cm³/mol. The maximum Gasteiger partial charge on any atom is 0.573 e. The zero-order chi connectivity index (χ0) is 12.5. The summed E-state index contributed by atoms with van der Waals surface area (Å²) in [6.45, 7) is 0. The van der Waals surface area contributed by atoms with E-state index in [9.17, 15) is 26.7 Å². The Morgan fingerprint density at radius 3 is 2.38 bits per heavy atom. The summed E-state index contributed by atoms with van der Waals surface area (Å²) >= 11 is 2.54. The summed E-state index contributed by atoms with van der Waals surface area (Å²) in [4.78, 5) is 12.4. The normalized spacial score (nSPS) is 11.9. The van der Waals surface area contributed by atoms with E-state index in [-0.39, 0.29) is 0 Å². The third-order valence-corrected chi connectivity index (χ3v) is 2.00. The van der Waals surface area contributed by atoms with Crippen LogP contribution in [0.2, 0.25) is 0 Å². The van der Waals surface area contributed by atoms with Gasteiger partial charge in [-0.3, -0.25) is 4.79 Å². The number of rotatable bonds is 2. The van der Waals surface area contributed by atoms with Crippen LogP contribution in [-0.2, 0) is 0 Å². The minimum Gasteiger partial charge on any atom is -0.402 e. The van der Waals surface area contributed by atoms with E-state index < -0.39 is 34.3 Å². The Balaban J connectivity index is 3.30. The molecule has 1 aromatic heterocycles. The first kappa shape index (κ1) is 12.9. The fraction of sp³-hybridized carbons (Fsp3) is 0.286. The lowest BCUT2D eigenvalue weighted by atomic mass is 10.3. The monoisotopic (exact) mass is 307 g/mol. The van der Waals surface area contributed by atoms with Gasteiger partial charge in [0.05, 0.1) is 4.47 Å². The summed E-state index contributed by atoms with van der Waals surface area (Å²) in [6, 6.07) is 0.660. The van der Waals surface area contributed by atoms with Crippen molar-refractivity contribution < 1.29 is 26.7 Å². The summed E-state index contributed by atoms with van der Waals surface area (Å²) in [7, 11) is 0. The van der Waals surface area contributed by atoms with Gasteiger partial charge in [-0.25, -0.2) is 8.78 Å². The standard InChI is InChI=1S/C7H3BrF5NO2/c8-2-1-3(15)14-4(6(9)10)5(2)16-7(11,12)13/h1,6H,(H,14,15). The molecule has 1 aromatic rings. The van der Waals surface area contributed by atoms with Crippen LogP contribution >= 0.6 is 15.9 Å². The van der Waals surface area contributed by atoms with E-state index in [1.54, 1.807) is 4.98 Å². The van der Waals surface area contributed by atoms with Gasteiger partial charge in [-0.05, 0) is 15.9 Å². The Kier molecular flexibility index (Phi) is 3.56. The summed E-state index contributed by atoms with van der Waals surface area (Å²) in [5.74, 6) is -1.15. The Bertz CT molecular complexity index is 441. The second-order valence-electron chi connectivity index (χ2n) is 2.57. The number of pyridine rings is 1. The number of ether oxygens (including phenoxy) is 1. The highest BCUT2D eigenvalue weighted by molar-refractivity contribution is 9.10. The number of halogens is 6. The molecule has 0 saturated heterocycles. The van der Waals surface area contributed by atoms with Crippen LogP contribution in [0.4, 0.5) is 22.0 Å². The molecule has 0 aliphatic heterocycles. The molecule has 1 heterocycles. The van der Waals surface area contributed by atoms with Crippen molar-refractivity contribution in [2.75, 3.05) is 0 Å². The lowest BCUT2D eigenvalue weighted by molar-refractivity contribution is -0.275. The van der Waals surface area contributed by atoms with Gasteiger partial charge in [0.25, 0.3) is 6.43 Å². The molecular formula is C7H3BrF5NO2. The van der Waals surface area contributed by atoms with Crippen LogP contribution < -0.4 is 10.3 Å². The third-order valence-electron chi connectivity index (χ3n) is 1.41. The molecule has 0 unspecified atom stereocenters. The van der Waals surface area contributed by atoms with E-state index in [0.717, 1.165) is 0 Å². The maximum atomic E-state index is 12.3. The van der Waals surface area contributed by atoms with E-state index in [1.807, 2.05) is 0 Å². The molecule has 1 N–H and O–H groups in total. The van der Waals surface area contributed by atoms with Crippen LogP contribution in [0, 0.1) is 0 Å². The van der Waals surface area contributed by atoms with Crippen molar-refractivity contribution in [2.24, 2.45) is 0 Å². The molecule has 0 aliphatic rings. The van der Waals surface area contributed by atoms with Crippen molar-refractivity contribution in [1.29, 1.82) is 0 Å². The molecule has 16 heavy (non-hydrogen) atoms. The van der Waals surface area contributed by atoms with Gasteiger partial charge >= 0.3 is 6.36 Å². The van der Waals surface area contributed by atoms with Crippen molar-refractivity contribution >= 4 is 15.9 Å². The summed E-state index contributed by atoms with van der Waals surface area (Å²) in [5, 5.41) is 0. The molecule has 90 valence electrons. The van der Waals surface area contributed by atoms with Crippen LogP contribution in [-0.4, -0.2) is 11.3 Å². The highest BCUT2D eigenvalue weighted by atomic mass is 79.9. The van der Waals surface area contributed by atoms with E-state index in [2.05, 4.69) is 20.7 Å². The van der Waals surface area contributed by atoms with Crippen LogP contribution in [0.15, 0.2) is 15.3 Å². The van der Waals surface area contributed by atoms with Crippen LogP contribution in [0.25, 0.3) is 0 Å². The molecule has 0 amide bonds. The quantitative estimate of drug-likeness (QED) is 0.854. The van der Waals surface area contributed by atoms with Gasteiger partial charge in [-0.1, -0.05) is 0 Å². The average Bonchev–Trinajstić information content (AvgIpc) is 2.07. The Labute approximate surface area is 93.4 Å². The van der Waals surface area contributed by atoms with Gasteiger partial charge in [0.15, 0.2) is 5.75 Å². The van der Waals surface area contributed by atoms with Crippen molar-refractivity contribution in [3.8, 4) is 5.75 Å². The molecule has 0 fully saturated rings. The van der Waals surface area contributed by atoms with Gasteiger partial charge in [-0.2, -0.15) is 0 Å². The molecule has 0 aliphatic carbocycles. The minimum atomic E-state index is -5.12. The molecule has 0 aromatic carbocycles. The average molecular weight is 308 g/mol. The lowest BCUT2D eigenvalue weighted by Gasteiger charge is -2.13. The summed E-state index contributed by atoms with van der Waals surface area (Å²) in [5.41, 5.74) is -2.19. The van der Waals surface area contributed by atoms with Crippen LogP contribution in [0.1, 0.15) is 12.1 Å². The van der Waals surface area contributed by atoms with Gasteiger partial charge in [-0.15, -0.1) is 13.2 Å². The van der Waals surface area contributed by atoms with Gasteiger partial charge < -0.3 is 9.72 Å². The van der Waals surface area contributed by atoms with Crippen LogP contribution in [0.3, 0.4) is 0 Å². The topological polar surface area (TPSA) is 42.1 Å². The smallest absolute Gasteiger partial charge is 0.402 e. The number of hydrogen-bond acceptors (Lipinski definition) is 2. The molecule has 1 rings (SSSR count). The van der Waals surface area contributed by atoms with Crippen molar-refractivity contribution in [3.63, 3.8) is 0 Å². The molecule has 0 radical (unpaired) electrons. The Hall–Kier alpha value is -1.12. The van der Waals surface area contributed by atoms with Gasteiger partial charge in [0.1, 0.15) is 5.69 Å². The number of alkyl halides is 5. The van der Waals surface area contributed by atoms with Crippen molar-refractivity contribution in [2.45, 2.75) is 12.8 Å². The fourth-order valence-corrected chi connectivity index (χ4v) is 1.41.